The molecule has 1 aromatic rings. The first-order chi connectivity index (χ1) is 6.29. The standard InChI is InChI=1S/C9H13N3O/c1-11-9-8(13-7-2-3-7)4-6(10)5-12-9/h4-5,7H,2-3,10H2,1H3,(H,11,12). The van der Waals surface area contributed by atoms with Gasteiger partial charge in [0, 0.05) is 13.1 Å². The predicted octanol–water partition coefficient (Wildman–Crippen LogP) is 1.25. The Morgan fingerprint density at radius 1 is 1.62 bits per heavy atom. The average molecular weight is 179 g/mol. The van der Waals surface area contributed by atoms with Crippen LogP contribution in [0, 0.1) is 0 Å². The van der Waals surface area contributed by atoms with Crippen molar-refractivity contribution in [3.63, 3.8) is 0 Å². The zero-order chi connectivity index (χ0) is 9.26. The number of aromatic nitrogens is 1. The lowest BCUT2D eigenvalue weighted by atomic mass is 10.4. The fourth-order valence-corrected chi connectivity index (χ4v) is 1.10. The molecule has 4 nitrogen and oxygen atoms in total. The quantitative estimate of drug-likeness (QED) is 0.733. The van der Waals surface area contributed by atoms with Crippen LogP contribution in [0.3, 0.4) is 0 Å². The summed E-state index contributed by atoms with van der Waals surface area (Å²) in [6, 6.07) is 1.80. The van der Waals surface area contributed by atoms with E-state index < -0.39 is 0 Å². The van der Waals surface area contributed by atoms with Crippen molar-refractivity contribution in [3.05, 3.63) is 12.3 Å². The van der Waals surface area contributed by atoms with Gasteiger partial charge in [0.05, 0.1) is 18.0 Å². The minimum absolute atomic E-state index is 0.371. The van der Waals surface area contributed by atoms with Gasteiger partial charge in [-0.1, -0.05) is 0 Å². The van der Waals surface area contributed by atoms with Gasteiger partial charge in [-0.15, -0.1) is 0 Å². The summed E-state index contributed by atoms with van der Waals surface area (Å²) in [6.07, 6.45) is 4.26. The molecule has 4 heteroatoms. The Kier molecular flexibility index (Phi) is 1.96. The van der Waals surface area contributed by atoms with Crippen molar-refractivity contribution >= 4 is 11.5 Å². The number of nitrogens with one attached hydrogen (secondary N) is 1. The van der Waals surface area contributed by atoms with Gasteiger partial charge < -0.3 is 15.8 Å². The first-order valence-corrected chi connectivity index (χ1v) is 4.39. The molecule has 1 aromatic heterocycles. The van der Waals surface area contributed by atoms with E-state index in [2.05, 4.69) is 10.3 Å². The fraction of sp³-hybridized carbons (Fsp3) is 0.444. The Bertz CT molecular complexity index is 310. The molecule has 0 bridgehead atoms. The Balaban J connectivity index is 2.22. The van der Waals surface area contributed by atoms with Crippen LogP contribution in [0.15, 0.2) is 12.3 Å². The maximum Gasteiger partial charge on any atom is 0.168 e. The molecule has 0 aliphatic heterocycles. The van der Waals surface area contributed by atoms with Crippen LogP contribution in [-0.2, 0) is 0 Å². The normalized spacial score (nSPS) is 15.5. The topological polar surface area (TPSA) is 60.2 Å². The number of hydrogen-bond acceptors (Lipinski definition) is 4. The molecule has 0 unspecified atom stereocenters. The van der Waals surface area contributed by atoms with Crippen molar-refractivity contribution < 1.29 is 4.74 Å². The zero-order valence-electron chi connectivity index (χ0n) is 7.58. The molecule has 0 radical (unpaired) electrons. The van der Waals surface area contributed by atoms with Gasteiger partial charge in [-0.3, -0.25) is 0 Å². The van der Waals surface area contributed by atoms with Gasteiger partial charge in [-0.2, -0.15) is 0 Å². The van der Waals surface area contributed by atoms with E-state index in [0.29, 0.717) is 11.8 Å². The van der Waals surface area contributed by atoms with Crippen molar-refractivity contribution in [2.24, 2.45) is 0 Å². The number of hydrogen-bond donors (Lipinski definition) is 2. The summed E-state index contributed by atoms with van der Waals surface area (Å²) in [5.74, 6) is 1.51. The van der Waals surface area contributed by atoms with Crippen molar-refractivity contribution in [2.45, 2.75) is 18.9 Å². The molecule has 0 amide bonds. The summed E-state index contributed by atoms with van der Waals surface area (Å²) in [7, 11) is 1.82. The van der Waals surface area contributed by atoms with E-state index in [1.807, 2.05) is 7.05 Å². The number of nitrogens with zero attached hydrogens (tertiary/aromatic N) is 1. The summed E-state index contributed by atoms with van der Waals surface area (Å²) >= 11 is 0. The Labute approximate surface area is 77.1 Å². The van der Waals surface area contributed by atoms with E-state index in [0.717, 1.165) is 24.4 Å². The van der Waals surface area contributed by atoms with Crippen LogP contribution < -0.4 is 15.8 Å². The summed E-state index contributed by atoms with van der Waals surface area (Å²) in [5.41, 5.74) is 6.24. The minimum atomic E-state index is 0.371. The van der Waals surface area contributed by atoms with E-state index in [4.69, 9.17) is 10.5 Å². The highest BCUT2D eigenvalue weighted by atomic mass is 16.5. The maximum atomic E-state index is 5.62. The predicted molar refractivity (Wildman–Crippen MR) is 51.8 cm³/mol. The Hall–Kier alpha value is -1.45. The van der Waals surface area contributed by atoms with Crippen LogP contribution >= 0.6 is 0 Å². The molecule has 2 rings (SSSR count). The molecule has 0 saturated heterocycles. The highest BCUT2D eigenvalue weighted by Gasteiger charge is 2.24. The molecular weight excluding hydrogens is 166 g/mol. The molecule has 70 valence electrons. The maximum absolute atomic E-state index is 5.62. The summed E-state index contributed by atoms with van der Waals surface area (Å²) in [6.45, 7) is 0. The number of rotatable bonds is 3. The second kappa shape index (κ2) is 3.12. The molecule has 13 heavy (non-hydrogen) atoms. The highest BCUT2D eigenvalue weighted by Crippen LogP contribution is 2.31. The molecule has 1 heterocycles. The number of ether oxygens (including phenoxy) is 1. The van der Waals surface area contributed by atoms with E-state index in [1.54, 1.807) is 12.3 Å². The summed E-state index contributed by atoms with van der Waals surface area (Å²) in [4.78, 5) is 4.12. The van der Waals surface area contributed by atoms with E-state index in [-0.39, 0.29) is 0 Å². The monoisotopic (exact) mass is 179 g/mol. The second-order valence-corrected chi connectivity index (χ2v) is 3.18. The molecule has 0 atom stereocenters. The highest BCUT2D eigenvalue weighted by molar-refractivity contribution is 5.56. The van der Waals surface area contributed by atoms with E-state index in [9.17, 15) is 0 Å². The van der Waals surface area contributed by atoms with Crippen LogP contribution in [0.1, 0.15) is 12.8 Å². The van der Waals surface area contributed by atoms with Gasteiger partial charge in [0.1, 0.15) is 0 Å². The molecule has 3 N–H and O–H groups in total. The van der Waals surface area contributed by atoms with Crippen molar-refractivity contribution in [2.75, 3.05) is 18.1 Å². The molecule has 1 aliphatic carbocycles. The lowest BCUT2D eigenvalue weighted by Gasteiger charge is -2.09. The van der Waals surface area contributed by atoms with Crippen LogP contribution in [-0.4, -0.2) is 18.1 Å². The van der Waals surface area contributed by atoms with Gasteiger partial charge in [0.2, 0.25) is 0 Å². The van der Waals surface area contributed by atoms with E-state index >= 15 is 0 Å². The van der Waals surface area contributed by atoms with Crippen LogP contribution in [0.4, 0.5) is 11.5 Å². The van der Waals surface area contributed by atoms with Gasteiger partial charge in [0.25, 0.3) is 0 Å². The average Bonchev–Trinajstić information content (AvgIpc) is 2.89. The SMILES string of the molecule is CNc1ncc(N)cc1OC1CC1. The molecule has 1 fully saturated rings. The second-order valence-electron chi connectivity index (χ2n) is 3.18. The number of nitrogens with two attached hydrogens (primary N) is 1. The third kappa shape index (κ3) is 1.83. The van der Waals surface area contributed by atoms with Crippen LogP contribution in [0.5, 0.6) is 5.75 Å². The lowest BCUT2D eigenvalue weighted by Crippen LogP contribution is -2.02. The smallest absolute Gasteiger partial charge is 0.168 e. The van der Waals surface area contributed by atoms with Gasteiger partial charge in [-0.25, -0.2) is 4.98 Å². The molecule has 0 aromatic carbocycles. The van der Waals surface area contributed by atoms with Crippen LogP contribution in [0.25, 0.3) is 0 Å². The van der Waals surface area contributed by atoms with Gasteiger partial charge in [-0.05, 0) is 12.8 Å². The number of pyridine rings is 1. The van der Waals surface area contributed by atoms with Crippen molar-refractivity contribution in [1.29, 1.82) is 0 Å². The lowest BCUT2D eigenvalue weighted by molar-refractivity contribution is 0.304. The minimum Gasteiger partial charge on any atom is -0.486 e. The third-order valence-corrected chi connectivity index (χ3v) is 1.93. The van der Waals surface area contributed by atoms with Gasteiger partial charge in [0.15, 0.2) is 11.6 Å². The molecule has 1 aliphatic rings. The van der Waals surface area contributed by atoms with Crippen molar-refractivity contribution in [3.8, 4) is 5.75 Å². The Morgan fingerprint density at radius 2 is 2.38 bits per heavy atom. The largest absolute Gasteiger partial charge is 0.486 e. The van der Waals surface area contributed by atoms with Gasteiger partial charge >= 0.3 is 0 Å². The van der Waals surface area contributed by atoms with Crippen molar-refractivity contribution in [1.82, 2.24) is 4.98 Å². The van der Waals surface area contributed by atoms with E-state index in [1.165, 1.54) is 0 Å². The number of anilines is 2. The first kappa shape index (κ1) is 8.16. The first-order valence-electron chi connectivity index (χ1n) is 4.39. The summed E-state index contributed by atoms with van der Waals surface area (Å²) in [5, 5.41) is 2.96. The fourth-order valence-electron chi connectivity index (χ4n) is 1.10. The third-order valence-electron chi connectivity index (χ3n) is 1.93. The summed E-state index contributed by atoms with van der Waals surface area (Å²) < 4.78 is 5.62. The number of nitrogen functional groups attached to an aromatic ring is 1. The Morgan fingerprint density at radius 3 is 3.00 bits per heavy atom. The zero-order valence-corrected chi connectivity index (χ0v) is 7.58. The molecule has 1 saturated carbocycles. The van der Waals surface area contributed by atoms with Crippen LogP contribution in [0.2, 0.25) is 0 Å². The molecular formula is C9H13N3O. The molecule has 0 spiro atoms.